The fourth-order valence-corrected chi connectivity index (χ4v) is 1.98. The quantitative estimate of drug-likeness (QED) is 0.315. The minimum Gasteiger partial charge on any atom is -0.377 e. The minimum atomic E-state index is -0.263. The topological polar surface area (TPSA) is 74.8 Å². The molecule has 0 unspecified atom stereocenters. The maximum Gasteiger partial charge on any atom is 0.224 e. The highest BCUT2D eigenvalue weighted by Gasteiger charge is 2.16. The molecule has 0 saturated heterocycles. The van der Waals surface area contributed by atoms with Gasteiger partial charge in [-0.3, -0.25) is 9.79 Å². The lowest BCUT2D eigenvalue weighted by Crippen LogP contribution is -2.45. The van der Waals surface area contributed by atoms with Crippen LogP contribution in [0.25, 0.3) is 0 Å². The molecule has 0 fully saturated rings. The number of hydrogen-bond donors (Lipinski definition) is 3. The first kappa shape index (κ1) is 23.6. The summed E-state index contributed by atoms with van der Waals surface area (Å²) in [6, 6.07) is 7.80. The molecule has 25 heavy (non-hydrogen) atoms. The normalized spacial score (nSPS) is 11.5. The Morgan fingerprint density at radius 1 is 1.28 bits per heavy atom. The molecule has 0 aliphatic carbocycles. The van der Waals surface area contributed by atoms with E-state index in [9.17, 15) is 4.79 Å². The van der Waals surface area contributed by atoms with Crippen LogP contribution in [-0.2, 0) is 16.1 Å². The van der Waals surface area contributed by atoms with E-state index in [0.717, 1.165) is 17.7 Å². The summed E-state index contributed by atoms with van der Waals surface area (Å²) < 4.78 is 5.38. The molecule has 0 radical (unpaired) electrons. The second-order valence-electron chi connectivity index (χ2n) is 6.24. The van der Waals surface area contributed by atoms with Crippen LogP contribution in [0.2, 0.25) is 0 Å². The first-order valence-corrected chi connectivity index (χ1v) is 8.28. The highest BCUT2D eigenvalue weighted by Crippen LogP contribution is 2.11. The van der Waals surface area contributed by atoms with E-state index in [1.165, 1.54) is 0 Å². The van der Waals surface area contributed by atoms with Gasteiger partial charge in [0.05, 0.1) is 5.60 Å². The number of hydrogen-bond acceptors (Lipinski definition) is 3. The molecule has 0 aliphatic rings. The van der Waals surface area contributed by atoms with Gasteiger partial charge in [-0.05, 0) is 38.0 Å². The maximum absolute atomic E-state index is 11.7. The van der Waals surface area contributed by atoms with Crippen molar-refractivity contribution in [2.75, 3.05) is 26.0 Å². The van der Waals surface area contributed by atoms with Gasteiger partial charge < -0.3 is 20.7 Å². The fraction of sp³-hybridized carbons (Fsp3) is 0.556. The zero-order valence-electron chi connectivity index (χ0n) is 15.8. The molecule has 3 N–H and O–H groups in total. The molecule has 1 aromatic carbocycles. The van der Waals surface area contributed by atoms with Crippen molar-refractivity contribution >= 4 is 41.5 Å². The Kier molecular flexibility index (Phi) is 11.4. The second kappa shape index (κ2) is 12.1. The molecule has 1 amide bonds. The van der Waals surface area contributed by atoms with Crippen LogP contribution in [0.4, 0.5) is 5.69 Å². The summed E-state index contributed by atoms with van der Waals surface area (Å²) in [5, 5.41) is 9.41. The Morgan fingerprint density at radius 2 is 2.00 bits per heavy atom. The minimum absolute atomic E-state index is 0. The zero-order chi connectivity index (χ0) is 18.0. The lowest BCUT2D eigenvalue weighted by molar-refractivity contribution is -0.116. The molecule has 0 heterocycles. The van der Waals surface area contributed by atoms with Gasteiger partial charge in [0.15, 0.2) is 5.96 Å². The number of guanidine groups is 1. The molecule has 0 bridgehead atoms. The van der Waals surface area contributed by atoms with Gasteiger partial charge in [0, 0.05) is 39.4 Å². The SMILES string of the molecule is CCCC(=O)Nc1cccc(CNC(=NC)NCC(C)(C)OC)c1.I. The van der Waals surface area contributed by atoms with Crippen molar-refractivity contribution < 1.29 is 9.53 Å². The van der Waals surface area contributed by atoms with Gasteiger partial charge in [-0.25, -0.2) is 0 Å². The first-order valence-electron chi connectivity index (χ1n) is 8.28. The molecule has 0 spiro atoms. The first-order chi connectivity index (χ1) is 11.4. The molecule has 1 aromatic rings. The average molecular weight is 462 g/mol. The standard InChI is InChI=1S/C18H30N4O2.HI/c1-6-8-16(23)22-15-10-7-9-14(11-15)12-20-17(19-4)21-13-18(2,3)24-5;/h7,9-11H,6,8,12-13H2,1-5H3,(H,22,23)(H2,19,20,21);1H. The van der Waals surface area contributed by atoms with Crippen molar-refractivity contribution in [2.45, 2.75) is 45.8 Å². The lowest BCUT2D eigenvalue weighted by Gasteiger charge is -2.24. The van der Waals surface area contributed by atoms with Gasteiger partial charge in [-0.1, -0.05) is 19.1 Å². The highest BCUT2D eigenvalue weighted by atomic mass is 127. The van der Waals surface area contributed by atoms with Crippen LogP contribution in [0.15, 0.2) is 29.3 Å². The van der Waals surface area contributed by atoms with E-state index < -0.39 is 0 Å². The molecular weight excluding hydrogens is 431 g/mol. The highest BCUT2D eigenvalue weighted by molar-refractivity contribution is 14.0. The summed E-state index contributed by atoms with van der Waals surface area (Å²) >= 11 is 0. The molecule has 142 valence electrons. The summed E-state index contributed by atoms with van der Waals surface area (Å²) in [7, 11) is 3.42. The van der Waals surface area contributed by atoms with Crippen molar-refractivity contribution in [3.8, 4) is 0 Å². The number of anilines is 1. The molecule has 6 nitrogen and oxygen atoms in total. The average Bonchev–Trinajstić information content (AvgIpc) is 2.55. The number of methoxy groups -OCH3 is 1. The number of halogens is 1. The summed E-state index contributed by atoms with van der Waals surface area (Å²) in [6.45, 7) is 7.27. The lowest BCUT2D eigenvalue weighted by atomic mass is 10.1. The molecule has 7 heteroatoms. The van der Waals surface area contributed by atoms with Gasteiger partial charge in [-0.15, -0.1) is 24.0 Å². The summed E-state index contributed by atoms with van der Waals surface area (Å²) in [4.78, 5) is 15.9. The number of carbonyl (C=O) groups is 1. The van der Waals surface area contributed by atoms with E-state index in [2.05, 4.69) is 20.9 Å². The van der Waals surface area contributed by atoms with Crippen molar-refractivity contribution in [2.24, 2.45) is 4.99 Å². The zero-order valence-corrected chi connectivity index (χ0v) is 18.1. The van der Waals surface area contributed by atoms with Crippen LogP contribution in [0, 0.1) is 0 Å². The smallest absolute Gasteiger partial charge is 0.224 e. The van der Waals surface area contributed by atoms with Crippen molar-refractivity contribution in [3.05, 3.63) is 29.8 Å². The Labute approximate surface area is 168 Å². The third-order valence-electron chi connectivity index (χ3n) is 3.61. The van der Waals surface area contributed by atoms with E-state index >= 15 is 0 Å². The molecular formula is C18H31IN4O2. The number of carbonyl (C=O) groups excluding carboxylic acids is 1. The van der Waals surface area contributed by atoms with Crippen molar-refractivity contribution in [3.63, 3.8) is 0 Å². The predicted octanol–water partition coefficient (Wildman–Crippen LogP) is 3.13. The van der Waals surface area contributed by atoms with Crippen LogP contribution in [0.3, 0.4) is 0 Å². The van der Waals surface area contributed by atoms with Crippen LogP contribution in [0.5, 0.6) is 0 Å². The maximum atomic E-state index is 11.7. The third-order valence-corrected chi connectivity index (χ3v) is 3.61. The molecule has 0 aromatic heterocycles. The number of ether oxygens (including phenoxy) is 1. The van der Waals surface area contributed by atoms with Crippen LogP contribution >= 0.6 is 24.0 Å². The predicted molar refractivity (Wildman–Crippen MR) is 115 cm³/mol. The summed E-state index contributed by atoms with van der Waals surface area (Å²) in [5.74, 6) is 0.752. The van der Waals surface area contributed by atoms with Crippen LogP contribution in [-0.4, -0.2) is 38.2 Å². The Morgan fingerprint density at radius 3 is 2.60 bits per heavy atom. The van der Waals surface area contributed by atoms with E-state index in [1.54, 1.807) is 14.2 Å². The Bertz CT molecular complexity index is 562. The summed E-state index contributed by atoms with van der Waals surface area (Å²) in [5.41, 5.74) is 1.62. The van der Waals surface area contributed by atoms with Gasteiger partial charge in [0.1, 0.15) is 0 Å². The van der Waals surface area contributed by atoms with Gasteiger partial charge >= 0.3 is 0 Å². The van der Waals surface area contributed by atoms with Crippen LogP contribution < -0.4 is 16.0 Å². The molecule has 0 aliphatic heterocycles. The van der Waals surface area contributed by atoms with Gasteiger partial charge in [0.2, 0.25) is 5.91 Å². The molecule has 1 rings (SSSR count). The Hall–Kier alpha value is -1.35. The second-order valence-corrected chi connectivity index (χ2v) is 6.24. The number of benzene rings is 1. The third kappa shape index (κ3) is 9.64. The largest absolute Gasteiger partial charge is 0.377 e. The molecule has 0 atom stereocenters. The fourth-order valence-electron chi connectivity index (χ4n) is 1.98. The number of nitrogens with zero attached hydrogens (tertiary/aromatic N) is 1. The number of aliphatic imine (C=N–C) groups is 1. The van der Waals surface area contributed by atoms with E-state index in [4.69, 9.17) is 4.74 Å². The Balaban J connectivity index is 0.00000576. The van der Waals surface area contributed by atoms with Gasteiger partial charge in [0.25, 0.3) is 0 Å². The van der Waals surface area contributed by atoms with E-state index in [-0.39, 0.29) is 35.5 Å². The van der Waals surface area contributed by atoms with Gasteiger partial charge in [-0.2, -0.15) is 0 Å². The van der Waals surface area contributed by atoms with Crippen molar-refractivity contribution in [1.29, 1.82) is 0 Å². The van der Waals surface area contributed by atoms with Crippen LogP contribution in [0.1, 0.15) is 39.2 Å². The number of amides is 1. The number of rotatable bonds is 8. The monoisotopic (exact) mass is 462 g/mol. The van der Waals surface area contributed by atoms with E-state index in [1.807, 2.05) is 45.0 Å². The van der Waals surface area contributed by atoms with E-state index in [0.29, 0.717) is 25.5 Å². The number of nitrogens with one attached hydrogen (secondary N) is 3. The molecule has 0 saturated carbocycles. The summed E-state index contributed by atoms with van der Waals surface area (Å²) in [6.07, 6.45) is 1.38. The van der Waals surface area contributed by atoms with Crippen molar-refractivity contribution in [1.82, 2.24) is 10.6 Å².